The Morgan fingerprint density at radius 2 is 1.39 bits per heavy atom. The first-order valence-electron chi connectivity index (χ1n) is 14.7. The average Bonchev–Trinajstić information content (AvgIpc) is 2.99. The highest BCUT2D eigenvalue weighted by atomic mass is 32.2. The summed E-state index contributed by atoms with van der Waals surface area (Å²) >= 11 is 0. The summed E-state index contributed by atoms with van der Waals surface area (Å²) in [4.78, 5) is 27.1. The lowest BCUT2D eigenvalue weighted by Crippen LogP contribution is -2.52. The van der Waals surface area contributed by atoms with Crippen LogP contribution in [0.1, 0.15) is 57.1 Å². The molecule has 0 saturated heterocycles. The van der Waals surface area contributed by atoms with Crippen molar-refractivity contribution in [2.24, 2.45) is 0 Å². The Kier molecular flexibility index (Phi) is 12.3. The van der Waals surface area contributed by atoms with Crippen LogP contribution in [0.4, 0.5) is 10.5 Å². The predicted octanol–water partition coefficient (Wildman–Crippen LogP) is 4.51. The van der Waals surface area contributed by atoms with E-state index in [1.165, 1.54) is 35.6 Å². The van der Waals surface area contributed by atoms with E-state index >= 15 is 0 Å². The number of nitrogens with two attached hydrogens (primary N) is 1. The number of sulfonamides is 1. The van der Waals surface area contributed by atoms with Crippen LogP contribution in [-0.4, -0.2) is 77.7 Å². The third-order valence-corrected chi connectivity index (χ3v) is 9.86. The Morgan fingerprint density at radius 3 is 1.84 bits per heavy atom. The van der Waals surface area contributed by atoms with Crippen molar-refractivity contribution in [3.63, 3.8) is 0 Å². The van der Waals surface area contributed by atoms with Gasteiger partial charge in [-0.15, -0.1) is 0 Å². The fourth-order valence-corrected chi connectivity index (χ4v) is 7.41. The number of carbonyl (C=O) groups excluding carboxylic acids is 1. The SMILES string of the molecule is CC(C)N([C@H](CO)CCC[C@H](C)NC(=O)[C@H](C(c1ccccc1)c1ccccc1)N(C)C(=O)O)S(=O)(=O)c1ccc(N)cc1. The van der Waals surface area contributed by atoms with E-state index in [-0.39, 0.29) is 17.5 Å². The van der Waals surface area contributed by atoms with Gasteiger partial charge in [-0.1, -0.05) is 60.7 Å². The summed E-state index contributed by atoms with van der Waals surface area (Å²) in [6.45, 7) is 4.98. The van der Waals surface area contributed by atoms with E-state index in [0.29, 0.717) is 24.9 Å². The Labute approximate surface area is 260 Å². The molecule has 44 heavy (non-hydrogen) atoms. The monoisotopic (exact) mass is 624 g/mol. The highest BCUT2D eigenvalue weighted by molar-refractivity contribution is 7.89. The maximum Gasteiger partial charge on any atom is 0.407 e. The molecule has 0 unspecified atom stereocenters. The van der Waals surface area contributed by atoms with Gasteiger partial charge in [0.1, 0.15) is 6.04 Å². The van der Waals surface area contributed by atoms with Crippen molar-refractivity contribution in [1.29, 1.82) is 0 Å². The van der Waals surface area contributed by atoms with Crippen molar-refractivity contribution >= 4 is 27.7 Å². The number of amides is 2. The lowest BCUT2D eigenvalue weighted by atomic mass is 9.83. The third kappa shape index (κ3) is 8.58. The summed E-state index contributed by atoms with van der Waals surface area (Å²) in [5, 5.41) is 23.1. The zero-order chi connectivity index (χ0) is 32.4. The molecule has 0 spiro atoms. The first-order chi connectivity index (χ1) is 20.9. The minimum atomic E-state index is -3.90. The van der Waals surface area contributed by atoms with Crippen molar-refractivity contribution in [1.82, 2.24) is 14.5 Å². The van der Waals surface area contributed by atoms with E-state index in [2.05, 4.69) is 5.32 Å². The number of nitrogen functional groups attached to an aromatic ring is 1. The number of rotatable bonds is 15. The van der Waals surface area contributed by atoms with Gasteiger partial charge in [0.2, 0.25) is 15.9 Å². The van der Waals surface area contributed by atoms with Gasteiger partial charge in [-0.3, -0.25) is 9.69 Å². The van der Waals surface area contributed by atoms with Gasteiger partial charge in [-0.05, 0) is 75.4 Å². The molecule has 3 rings (SSSR count). The zero-order valence-electron chi connectivity index (χ0n) is 25.7. The molecule has 0 bridgehead atoms. The number of nitrogens with zero attached hydrogens (tertiary/aromatic N) is 2. The number of aliphatic hydroxyl groups is 1. The quantitative estimate of drug-likeness (QED) is 0.182. The topological polar surface area (TPSA) is 153 Å². The van der Waals surface area contributed by atoms with E-state index in [9.17, 15) is 28.2 Å². The summed E-state index contributed by atoms with van der Waals surface area (Å²) < 4.78 is 28.3. The highest BCUT2D eigenvalue weighted by Gasteiger charge is 2.37. The molecule has 3 atom stereocenters. The van der Waals surface area contributed by atoms with E-state index < -0.39 is 46.1 Å². The van der Waals surface area contributed by atoms with Gasteiger partial charge in [-0.2, -0.15) is 4.31 Å². The number of benzene rings is 3. The standard InChI is InChI=1S/C33H44N4O6S/c1-23(2)37(44(42,43)29-20-18-27(34)19-21-29)28(22-38)17-11-12-24(3)35-32(39)31(36(4)33(40)41)30(25-13-7-5-8-14-25)26-15-9-6-10-16-26/h5-10,13-16,18-21,23-24,28,30-31,38H,11-12,17,22,34H2,1-4H3,(H,35,39)(H,40,41)/t24-,28-,31-/m0/s1. The second kappa shape index (κ2) is 15.7. The molecule has 2 amide bonds. The number of nitrogens with one attached hydrogen (secondary N) is 1. The number of hydrogen-bond acceptors (Lipinski definition) is 6. The number of carboxylic acid groups (broad SMARTS) is 1. The first kappa shape index (κ1) is 34.6. The molecule has 3 aromatic rings. The molecule has 0 radical (unpaired) electrons. The summed E-state index contributed by atoms with van der Waals surface area (Å²) in [7, 11) is -2.51. The molecule has 3 aromatic carbocycles. The molecular weight excluding hydrogens is 580 g/mol. The molecule has 0 aromatic heterocycles. The number of aliphatic hydroxyl groups excluding tert-OH is 1. The van der Waals surface area contributed by atoms with Gasteiger partial charge in [0.15, 0.2) is 0 Å². The van der Waals surface area contributed by atoms with E-state index in [4.69, 9.17) is 5.73 Å². The Hall–Kier alpha value is -3.93. The Morgan fingerprint density at radius 1 is 0.864 bits per heavy atom. The largest absolute Gasteiger partial charge is 0.465 e. The number of likely N-dealkylation sites (N-methyl/N-ethyl adjacent to an activating group) is 1. The molecule has 0 aliphatic carbocycles. The van der Waals surface area contributed by atoms with Gasteiger partial charge in [0, 0.05) is 36.8 Å². The van der Waals surface area contributed by atoms with E-state index in [1.54, 1.807) is 13.8 Å². The fourth-order valence-electron chi connectivity index (χ4n) is 5.56. The lowest BCUT2D eigenvalue weighted by Gasteiger charge is -2.34. The summed E-state index contributed by atoms with van der Waals surface area (Å²) in [6, 6.07) is 22.2. The van der Waals surface area contributed by atoms with Gasteiger partial charge >= 0.3 is 6.09 Å². The molecule has 11 heteroatoms. The fraction of sp³-hybridized carbons (Fsp3) is 0.394. The Balaban J connectivity index is 1.76. The number of hydrogen-bond donors (Lipinski definition) is 4. The van der Waals surface area contributed by atoms with Crippen LogP contribution in [0.25, 0.3) is 0 Å². The van der Waals surface area contributed by atoms with Gasteiger partial charge < -0.3 is 21.3 Å². The van der Waals surface area contributed by atoms with Crippen LogP contribution in [0.15, 0.2) is 89.8 Å². The third-order valence-electron chi connectivity index (χ3n) is 7.72. The normalized spacial score (nSPS) is 13.9. The minimum absolute atomic E-state index is 0.0967. The lowest BCUT2D eigenvalue weighted by molar-refractivity contribution is -0.126. The van der Waals surface area contributed by atoms with Gasteiger partial charge in [-0.25, -0.2) is 13.2 Å². The smallest absolute Gasteiger partial charge is 0.407 e. The zero-order valence-corrected chi connectivity index (χ0v) is 26.5. The van der Waals surface area contributed by atoms with E-state index in [1.807, 2.05) is 67.6 Å². The van der Waals surface area contributed by atoms with E-state index in [0.717, 1.165) is 16.0 Å². The van der Waals surface area contributed by atoms with Crippen molar-refractivity contribution < 1.29 is 28.2 Å². The van der Waals surface area contributed by atoms with Crippen molar-refractivity contribution in [3.8, 4) is 0 Å². The molecule has 10 nitrogen and oxygen atoms in total. The van der Waals surface area contributed by atoms with Gasteiger partial charge in [0.25, 0.3) is 0 Å². The van der Waals surface area contributed by atoms with Crippen LogP contribution in [0.5, 0.6) is 0 Å². The van der Waals surface area contributed by atoms with Crippen molar-refractivity contribution in [2.75, 3.05) is 19.4 Å². The second-order valence-corrected chi connectivity index (χ2v) is 13.2. The van der Waals surface area contributed by atoms with Crippen molar-refractivity contribution in [3.05, 3.63) is 96.1 Å². The molecule has 0 heterocycles. The minimum Gasteiger partial charge on any atom is -0.465 e. The molecule has 238 valence electrons. The van der Waals surface area contributed by atoms with Crippen LogP contribution >= 0.6 is 0 Å². The predicted molar refractivity (Wildman–Crippen MR) is 172 cm³/mol. The van der Waals surface area contributed by atoms with Gasteiger partial charge in [0.05, 0.1) is 11.5 Å². The molecule has 0 fully saturated rings. The average molecular weight is 625 g/mol. The molecule has 5 N–H and O–H groups in total. The van der Waals surface area contributed by atoms with Crippen LogP contribution in [0, 0.1) is 0 Å². The highest BCUT2D eigenvalue weighted by Crippen LogP contribution is 2.31. The van der Waals surface area contributed by atoms with Crippen molar-refractivity contribution in [2.45, 2.75) is 75.0 Å². The number of anilines is 1. The second-order valence-electron chi connectivity index (χ2n) is 11.3. The first-order valence-corrected chi connectivity index (χ1v) is 16.2. The Bertz CT molecular complexity index is 1410. The van der Waals surface area contributed by atoms with Crippen LogP contribution < -0.4 is 11.1 Å². The summed E-state index contributed by atoms with van der Waals surface area (Å²) in [6.07, 6.45) is 0.128. The number of carbonyl (C=O) groups is 2. The summed E-state index contributed by atoms with van der Waals surface area (Å²) in [5.74, 6) is -0.990. The van der Waals surface area contributed by atoms with Crippen LogP contribution in [0.3, 0.4) is 0 Å². The molecule has 0 saturated carbocycles. The molecule has 0 aliphatic rings. The molecule has 0 aliphatic heterocycles. The van der Waals surface area contributed by atoms with Crippen LogP contribution in [-0.2, 0) is 14.8 Å². The molecular formula is C33H44N4O6S. The van der Waals surface area contributed by atoms with Crippen LogP contribution in [0.2, 0.25) is 0 Å². The summed E-state index contributed by atoms with van der Waals surface area (Å²) in [5.41, 5.74) is 7.80. The maximum absolute atomic E-state index is 13.8. The maximum atomic E-state index is 13.8.